The number of nitrogens with one attached hydrogen (secondary N) is 1. The third kappa shape index (κ3) is 4.47. The highest BCUT2D eigenvalue weighted by Gasteiger charge is 2.04. The van der Waals surface area contributed by atoms with Crippen molar-refractivity contribution in [2.24, 2.45) is 0 Å². The van der Waals surface area contributed by atoms with Crippen molar-refractivity contribution in [2.45, 2.75) is 26.3 Å². The fraction of sp³-hybridized carbons (Fsp3) is 0.222. The Morgan fingerprint density at radius 1 is 1.14 bits per heavy atom. The van der Waals surface area contributed by atoms with Gasteiger partial charge in [0.1, 0.15) is 0 Å². The highest BCUT2D eigenvalue weighted by Crippen LogP contribution is 2.08. The van der Waals surface area contributed by atoms with Crippen molar-refractivity contribution in [1.29, 1.82) is 5.26 Å². The smallest absolute Gasteiger partial charge is 0.220 e. The summed E-state index contributed by atoms with van der Waals surface area (Å²) in [5.41, 5.74) is 4.04. The van der Waals surface area contributed by atoms with Crippen molar-refractivity contribution in [1.82, 2.24) is 5.32 Å². The summed E-state index contributed by atoms with van der Waals surface area (Å²) < 4.78 is 0. The van der Waals surface area contributed by atoms with Gasteiger partial charge in [0.2, 0.25) is 5.91 Å². The molecule has 0 bridgehead atoms. The van der Waals surface area contributed by atoms with E-state index in [0.29, 0.717) is 24.9 Å². The van der Waals surface area contributed by atoms with Gasteiger partial charge in [-0.25, -0.2) is 0 Å². The molecule has 2 aromatic carbocycles. The van der Waals surface area contributed by atoms with Crippen LogP contribution in [0.4, 0.5) is 0 Å². The second-order valence-corrected chi connectivity index (χ2v) is 5.01. The van der Waals surface area contributed by atoms with Crippen LogP contribution in [0.2, 0.25) is 0 Å². The molecule has 0 aliphatic carbocycles. The molecular formula is C18H18N2O. The Hall–Kier alpha value is -2.60. The van der Waals surface area contributed by atoms with Crippen LogP contribution in [-0.2, 0) is 17.8 Å². The molecule has 2 aromatic rings. The Bertz CT molecular complexity index is 654. The molecule has 3 nitrogen and oxygen atoms in total. The highest BCUT2D eigenvalue weighted by molar-refractivity contribution is 5.76. The zero-order valence-corrected chi connectivity index (χ0v) is 12.1. The van der Waals surface area contributed by atoms with Crippen LogP contribution in [0, 0.1) is 18.3 Å². The van der Waals surface area contributed by atoms with E-state index in [2.05, 4.69) is 11.4 Å². The van der Waals surface area contributed by atoms with E-state index in [1.165, 1.54) is 5.56 Å². The van der Waals surface area contributed by atoms with Gasteiger partial charge in [0, 0.05) is 13.0 Å². The van der Waals surface area contributed by atoms with Crippen molar-refractivity contribution in [2.75, 3.05) is 0 Å². The Labute approximate surface area is 125 Å². The zero-order valence-electron chi connectivity index (χ0n) is 12.1. The molecule has 0 aromatic heterocycles. The summed E-state index contributed by atoms with van der Waals surface area (Å²) in [4.78, 5) is 11.9. The molecule has 1 amide bonds. The van der Waals surface area contributed by atoms with Gasteiger partial charge in [0.05, 0.1) is 11.6 Å². The first-order chi connectivity index (χ1) is 10.2. The molecule has 0 aliphatic heterocycles. The van der Waals surface area contributed by atoms with Crippen molar-refractivity contribution in [3.63, 3.8) is 0 Å². The maximum absolute atomic E-state index is 11.9. The van der Waals surface area contributed by atoms with Crippen LogP contribution in [0.5, 0.6) is 0 Å². The summed E-state index contributed by atoms with van der Waals surface area (Å²) >= 11 is 0. The number of nitrogens with zero attached hydrogens (tertiary/aromatic N) is 1. The number of rotatable bonds is 5. The summed E-state index contributed by atoms with van der Waals surface area (Å²) in [5, 5.41) is 11.7. The Kier molecular flexibility index (Phi) is 5.11. The molecule has 0 aliphatic rings. The minimum Gasteiger partial charge on any atom is -0.352 e. The normalized spacial score (nSPS) is 9.90. The number of carbonyl (C=O) groups is 1. The van der Waals surface area contributed by atoms with E-state index in [-0.39, 0.29) is 5.91 Å². The largest absolute Gasteiger partial charge is 0.352 e. The molecule has 1 N–H and O–H groups in total. The van der Waals surface area contributed by atoms with Crippen LogP contribution >= 0.6 is 0 Å². The lowest BCUT2D eigenvalue weighted by atomic mass is 10.1. The molecule has 0 atom stereocenters. The predicted molar refractivity (Wildman–Crippen MR) is 82.5 cm³/mol. The second kappa shape index (κ2) is 7.25. The van der Waals surface area contributed by atoms with Gasteiger partial charge in [0.25, 0.3) is 0 Å². The average molecular weight is 278 g/mol. The fourth-order valence-corrected chi connectivity index (χ4v) is 2.09. The SMILES string of the molecule is Cc1ccccc1CNC(=O)CCc1ccc(C#N)cc1. The summed E-state index contributed by atoms with van der Waals surface area (Å²) in [6.45, 7) is 2.61. The van der Waals surface area contributed by atoms with E-state index >= 15 is 0 Å². The van der Waals surface area contributed by atoms with Gasteiger partial charge in [-0.2, -0.15) is 5.26 Å². The number of benzene rings is 2. The van der Waals surface area contributed by atoms with Gasteiger partial charge < -0.3 is 5.32 Å². The zero-order chi connectivity index (χ0) is 15.1. The molecule has 0 fully saturated rings. The van der Waals surface area contributed by atoms with E-state index in [1.807, 2.05) is 43.3 Å². The highest BCUT2D eigenvalue weighted by atomic mass is 16.1. The van der Waals surface area contributed by atoms with Gasteiger partial charge >= 0.3 is 0 Å². The van der Waals surface area contributed by atoms with E-state index in [1.54, 1.807) is 12.1 Å². The minimum absolute atomic E-state index is 0.0441. The number of hydrogen-bond acceptors (Lipinski definition) is 2. The number of nitriles is 1. The molecule has 0 heterocycles. The van der Waals surface area contributed by atoms with Crippen molar-refractivity contribution in [3.8, 4) is 6.07 Å². The lowest BCUT2D eigenvalue weighted by Gasteiger charge is -2.08. The van der Waals surface area contributed by atoms with E-state index in [4.69, 9.17) is 5.26 Å². The molecule has 0 radical (unpaired) electrons. The molecular weight excluding hydrogens is 260 g/mol. The van der Waals surface area contributed by atoms with Crippen LogP contribution in [-0.4, -0.2) is 5.91 Å². The van der Waals surface area contributed by atoms with E-state index in [9.17, 15) is 4.79 Å². The lowest BCUT2D eigenvalue weighted by molar-refractivity contribution is -0.121. The third-order valence-electron chi connectivity index (χ3n) is 3.46. The first kappa shape index (κ1) is 14.8. The van der Waals surface area contributed by atoms with Gasteiger partial charge in [0.15, 0.2) is 0 Å². The molecule has 0 unspecified atom stereocenters. The van der Waals surface area contributed by atoms with Crippen LogP contribution < -0.4 is 5.32 Å². The molecule has 0 saturated carbocycles. The maximum Gasteiger partial charge on any atom is 0.220 e. The standard InChI is InChI=1S/C18H18N2O/c1-14-4-2-3-5-17(14)13-20-18(21)11-10-15-6-8-16(12-19)9-7-15/h2-9H,10-11,13H2,1H3,(H,20,21). The van der Waals surface area contributed by atoms with Gasteiger partial charge in [-0.15, -0.1) is 0 Å². The predicted octanol–water partition coefficient (Wildman–Crippen LogP) is 3.12. The summed E-state index contributed by atoms with van der Waals surface area (Å²) in [7, 11) is 0. The monoisotopic (exact) mass is 278 g/mol. The van der Waals surface area contributed by atoms with Crippen LogP contribution in [0.1, 0.15) is 28.7 Å². The van der Waals surface area contributed by atoms with Gasteiger partial charge in [-0.05, 0) is 42.2 Å². The topological polar surface area (TPSA) is 52.9 Å². The quantitative estimate of drug-likeness (QED) is 0.913. The Balaban J connectivity index is 1.79. The molecule has 3 heteroatoms. The number of aryl methyl sites for hydroxylation is 2. The van der Waals surface area contributed by atoms with Crippen LogP contribution in [0.15, 0.2) is 48.5 Å². The third-order valence-corrected chi connectivity index (χ3v) is 3.46. The van der Waals surface area contributed by atoms with Crippen LogP contribution in [0.25, 0.3) is 0 Å². The fourth-order valence-electron chi connectivity index (χ4n) is 2.09. The summed E-state index contributed by atoms with van der Waals surface area (Å²) in [6, 6.07) is 17.5. The second-order valence-electron chi connectivity index (χ2n) is 5.01. The lowest BCUT2D eigenvalue weighted by Crippen LogP contribution is -2.23. The van der Waals surface area contributed by atoms with Crippen molar-refractivity contribution >= 4 is 5.91 Å². The molecule has 0 spiro atoms. The molecule has 106 valence electrons. The molecule has 21 heavy (non-hydrogen) atoms. The Morgan fingerprint density at radius 2 is 1.86 bits per heavy atom. The summed E-state index contributed by atoms with van der Waals surface area (Å²) in [6.07, 6.45) is 1.14. The summed E-state index contributed by atoms with van der Waals surface area (Å²) in [5.74, 6) is 0.0441. The average Bonchev–Trinajstić information content (AvgIpc) is 2.52. The molecule has 0 saturated heterocycles. The molecule has 2 rings (SSSR count). The van der Waals surface area contributed by atoms with Crippen molar-refractivity contribution in [3.05, 3.63) is 70.8 Å². The minimum atomic E-state index is 0.0441. The van der Waals surface area contributed by atoms with E-state index in [0.717, 1.165) is 11.1 Å². The van der Waals surface area contributed by atoms with Crippen molar-refractivity contribution < 1.29 is 4.79 Å². The van der Waals surface area contributed by atoms with Gasteiger partial charge in [-0.1, -0.05) is 36.4 Å². The number of hydrogen-bond donors (Lipinski definition) is 1. The number of carbonyl (C=O) groups excluding carboxylic acids is 1. The van der Waals surface area contributed by atoms with Gasteiger partial charge in [-0.3, -0.25) is 4.79 Å². The number of amides is 1. The first-order valence-corrected chi connectivity index (χ1v) is 6.99. The van der Waals surface area contributed by atoms with E-state index < -0.39 is 0 Å². The maximum atomic E-state index is 11.9. The van der Waals surface area contributed by atoms with Crippen LogP contribution in [0.3, 0.4) is 0 Å². The first-order valence-electron chi connectivity index (χ1n) is 6.99. The Morgan fingerprint density at radius 3 is 2.52 bits per heavy atom.